The monoisotopic (exact) mass is 238 g/mol. The summed E-state index contributed by atoms with van der Waals surface area (Å²) < 4.78 is 13.2. The summed E-state index contributed by atoms with van der Waals surface area (Å²) in [6.45, 7) is 5.88. The predicted molar refractivity (Wildman–Crippen MR) is 65.4 cm³/mol. The molecule has 1 unspecified atom stereocenters. The molecular weight excluding hydrogens is 219 g/mol. The maximum Gasteiger partial charge on any atom is 0.165 e. The molecule has 2 N–H and O–H groups in total. The van der Waals surface area contributed by atoms with Crippen LogP contribution < -0.4 is 5.32 Å². The van der Waals surface area contributed by atoms with Crippen LogP contribution in [0.2, 0.25) is 0 Å². The predicted octanol–water partition coefficient (Wildman–Crippen LogP) is 1.72. The van der Waals surface area contributed by atoms with E-state index < -0.39 is 5.82 Å². The molecule has 1 aliphatic rings. The standard InChI is InChI=1S/C13H19FN2O/c1-2-16(11-5-6-15-8-11)9-10-3-4-13(17)12(14)7-10/h3-4,7,11,15,17H,2,5-6,8-9H2,1H3. The van der Waals surface area contributed by atoms with Gasteiger partial charge in [-0.2, -0.15) is 0 Å². The highest BCUT2D eigenvalue weighted by Crippen LogP contribution is 2.19. The molecule has 1 aliphatic heterocycles. The van der Waals surface area contributed by atoms with Gasteiger partial charge < -0.3 is 10.4 Å². The van der Waals surface area contributed by atoms with Gasteiger partial charge in [0, 0.05) is 19.1 Å². The van der Waals surface area contributed by atoms with E-state index in [0.29, 0.717) is 6.04 Å². The number of benzene rings is 1. The Morgan fingerprint density at radius 2 is 2.35 bits per heavy atom. The fraction of sp³-hybridized carbons (Fsp3) is 0.538. The average Bonchev–Trinajstić information content (AvgIpc) is 2.84. The van der Waals surface area contributed by atoms with Crippen molar-refractivity contribution < 1.29 is 9.50 Å². The molecule has 0 bridgehead atoms. The second kappa shape index (κ2) is 5.47. The molecule has 0 aliphatic carbocycles. The maximum atomic E-state index is 13.2. The van der Waals surface area contributed by atoms with Gasteiger partial charge in [-0.3, -0.25) is 4.90 Å². The van der Waals surface area contributed by atoms with Gasteiger partial charge in [-0.25, -0.2) is 4.39 Å². The maximum absolute atomic E-state index is 13.2. The molecule has 1 fully saturated rings. The number of phenolic OH excluding ortho intramolecular Hbond substituents is 1. The van der Waals surface area contributed by atoms with Crippen molar-refractivity contribution in [2.24, 2.45) is 0 Å². The fourth-order valence-electron chi connectivity index (χ4n) is 2.33. The van der Waals surface area contributed by atoms with Gasteiger partial charge in [0.2, 0.25) is 0 Å². The summed E-state index contributed by atoms with van der Waals surface area (Å²) in [5.41, 5.74) is 0.911. The molecule has 1 heterocycles. The van der Waals surface area contributed by atoms with Crippen LogP contribution in [0.3, 0.4) is 0 Å². The summed E-state index contributed by atoms with van der Waals surface area (Å²) >= 11 is 0. The molecule has 1 aromatic carbocycles. The first-order valence-corrected chi connectivity index (χ1v) is 6.13. The van der Waals surface area contributed by atoms with Crippen LogP contribution >= 0.6 is 0 Å². The third-order valence-electron chi connectivity index (χ3n) is 3.35. The van der Waals surface area contributed by atoms with Crippen LogP contribution in [0.15, 0.2) is 18.2 Å². The lowest BCUT2D eigenvalue weighted by atomic mass is 10.1. The van der Waals surface area contributed by atoms with Crippen molar-refractivity contribution in [2.45, 2.75) is 25.9 Å². The minimum absolute atomic E-state index is 0.278. The van der Waals surface area contributed by atoms with Crippen LogP contribution in [0.4, 0.5) is 4.39 Å². The van der Waals surface area contributed by atoms with E-state index in [9.17, 15) is 4.39 Å². The SMILES string of the molecule is CCN(Cc1ccc(O)c(F)c1)C1CCNC1. The first-order valence-electron chi connectivity index (χ1n) is 6.13. The Labute approximate surface area is 101 Å². The fourth-order valence-corrected chi connectivity index (χ4v) is 2.33. The largest absolute Gasteiger partial charge is 0.505 e. The molecule has 0 saturated carbocycles. The number of hydrogen-bond acceptors (Lipinski definition) is 3. The Morgan fingerprint density at radius 3 is 2.94 bits per heavy atom. The van der Waals surface area contributed by atoms with Crippen LogP contribution in [-0.2, 0) is 6.54 Å². The van der Waals surface area contributed by atoms with Crippen LogP contribution in [0, 0.1) is 5.82 Å². The molecule has 3 nitrogen and oxygen atoms in total. The first-order chi connectivity index (χ1) is 8.20. The van der Waals surface area contributed by atoms with Gasteiger partial charge >= 0.3 is 0 Å². The number of nitrogens with one attached hydrogen (secondary N) is 1. The molecule has 0 radical (unpaired) electrons. The quantitative estimate of drug-likeness (QED) is 0.838. The van der Waals surface area contributed by atoms with Gasteiger partial charge in [0.1, 0.15) is 0 Å². The van der Waals surface area contributed by atoms with Gasteiger partial charge in [0.15, 0.2) is 11.6 Å². The van der Waals surface area contributed by atoms with Crippen molar-refractivity contribution in [1.29, 1.82) is 0 Å². The van der Waals surface area contributed by atoms with Crippen molar-refractivity contribution in [3.8, 4) is 5.75 Å². The number of aromatic hydroxyl groups is 1. The van der Waals surface area contributed by atoms with E-state index in [-0.39, 0.29) is 5.75 Å². The number of phenols is 1. The van der Waals surface area contributed by atoms with Crippen LogP contribution in [0.25, 0.3) is 0 Å². The van der Waals surface area contributed by atoms with Crippen molar-refractivity contribution in [3.05, 3.63) is 29.6 Å². The zero-order valence-electron chi connectivity index (χ0n) is 10.1. The van der Waals surface area contributed by atoms with Gasteiger partial charge in [-0.1, -0.05) is 13.0 Å². The van der Waals surface area contributed by atoms with E-state index in [0.717, 1.165) is 38.2 Å². The molecule has 17 heavy (non-hydrogen) atoms. The lowest BCUT2D eigenvalue weighted by molar-refractivity contribution is 0.210. The highest BCUT2D eigenvalue weighted by molar-refractivity contribution is 5.28. The van der Waals surface area contributed by atoms with E-state index >= 15 is 0 Å². The van der Waals surface area contributed by atoms with Gasteiger partial charge in [-0.15, -0.1) is 0 Å². The van der Waals surface area contributed by atoms with E-state index in [4.69, 9.17) is 5.11 Å². The molecule has 94 valence electrons. The Bertz CT molecular complexity index is 378. The summed E-state index contributed by atoms with van der Waals surface area (Å²) in [5.74, 6) is -0.817. The topological polar surface area (TPSA) is 35.5 Å². The third-order valence-corrected chi connectivity index (χ3v) is 3.35. The summed E-state index contributed by atoms with van der Waals surface area (Å²) in [6, 6.07) is 5.16. The minimum Gasteiger partial charge on any atom is -0.505 e. The number of likely N-dealkylation sites (N-methyl/N-ethyl adjacent to an activating group) is 1. The van der Waals surface area contributed by atoms with Crippen LogP contribution in [-0.4, -0.2) is 35.7 Å². The molecule has 0 spiro atoms. The lowest BCUT2D eigenvalue weighted by Crippen LogP contribution is -2.36. The lowest BCUT2D eigenvalue weighted by Gasteiger charge is -2.26. The Kier molecular flexibility index (Phi) is 3.97. The second-order valence-electron chi connectivity index (χ2n) is 4.50. The smallest absolute Gasteiger partial charge is 0.165 e. The molecule has 1 saturated heterocycles. The average molecular weight is 238 g/mol. The summed E-state index contributed by atoms with van der Waals surface area (Å²) in [5, 5.41) is 12.5. The Morgan fingerprint density at radius 1 is 1.53 bits per heavy atom. The van der Waals surface area contributed by atoms with Crippen LogP contribution in [0.5, 0.6) is 5.75 Å². The van der Waals surface area contributed by atoms with Crippen molar-refractivity contribution >= 4 is 0 Å². The van der Waals surface area contributed by atoms with Crippen molar-refractivity contribution in [1.82, 2.24) is 10.2 Å². The zero-order valence-corrected chi connectivity index (χ0v) is 10.1. The molecule has 0 aromatic heterocycles. The third kappa shape index (κ3) is 2.96. The molecule has 1 atom stereocenters. The first kappa shape index (κ1) is 12.3. The van der Waals surface area contributed by atoms with E-state index in [2.05, 4.69) is 17.1 Å². The molecule has 1 aromatic rings. The van der Waals surface area contributed by atoms with E-state index in [1.807, 2.05) is 0 Å². The Hall–Kier alpha value is -1.13. The molecule has 2 rings (SSSR count). The summed E-state index contributed by atoms with van der Waals surface area (Å²) in [4.78, 5) is 2.34. The van der Waals surface area contributed by atoms with Crippen molar-refractivity contribution in [2.75, 3.05) is 19.6 Å². The summed E-state index contributed by atoms with van der Waals surface area (Å²) in [7, 11) is 0. The number of halogens is 1. The highest BCUT2D eigenvalue weighted by atomic mass is 19.1. The van der Waals surface area contributed by atoms with E-state index in [1.54, 1.807) is 6.07 Å². The van der Waals surface area contributed by atoms with Crippen LogP contribution in [0.1, 0.15) is 18.9 Å². The highest BCUT2D eigenvalue weighted by Gasteiger charge is 2.21. The second-order valence-corrected chi connectivity index (χ2v) is 4.50. The zero-order chi connectivity index (χ0) is 12.3. The summed E-state index contributed by atoms with van der Waals surface area (Å²) in [6.07, 6.45) is 1.15. The molecule has 4 heteroatoms. The van der Waals surface area contributed by atoms with E-state index in [1.165, 1.54) is 12.1 Å². The Balaban J connectivity index is 2.04. The number of nitrogens with zero attached hydrogens (tertiary/aromatic N) is 1. The normalized spacial score (nSPS) is 20.1. The minimum atomic E-state index is -0.539. The number of rotatable bonds is 4. The van der Waals surface area contributed by atoms with Gasteiger partial charge in [0.25, 0.3) is 0 Å². The van der Waals surface area contributed by atoms with Gasteiger partial charge in [-0.05, 0) is 37.2 Å². The number of hydrogen-bond donors (Lipinski definition) is 2. The molecule has 0 amide bonds. The van der Waals surface area contributed by atoms with Gasteiger partial charge in [0.05, 0.1) is 0 Å². The van der Waals surface area contributed by atoms with Crippen molar-refractivity contribution in [3.63, 3.8) is 0 Å². The molecular formula is C13H19FN2O.